The molecule has 0 saturated heterocycles. The van der Waals surface area contributed by atoms with E-state index in [9.17, 15) is 30.6 Å². The van der Waals surface area contributed by atoms with E-state index < -0.39 is 21.3 Å². The molecule has 0 aromatic heterocycles. The van der Waals surface area contributed by atoms with E-state index in [-0.39, 0.29) is 29.2 Å². The predicted molar refractivity (Wildman–Crippen MR) is 92.5 cm³/mol. The zero-order valence-corrected chi connectivity index (χ0v) is 13.6. The summed E-state index contributed by atoms with van der Waals surface area (Å²) in [6, 6.07) is 9.76. The Kier molecular flexibility index (Phi) is 5.49. The second kappa shape index (κ2) is 7.76. The van der Waals surface area contributed by atoms with Gasteiger partial charge in [-0.05, 0) is 42.3 Å². The Labute approximate surface area is 147 Å². The first-order valence-electron chi connectivity index (χ1n) is 7.38. The minimum Gasteiger partial charge on any atom is -0.500 e. The van der Waals surface area contributed by atoms with Crippen LogP contribution in [0.2, 0.25) is 0 Å². The Morgan fingerprint density at radius 2 is 1.88 bits per heavy atom. The van der Waals surface area contributed by atoms with Gasteiger partial charge in [0.1, 0.15) is 0 Å². The lowest BCUT2D eigenvalue weighted by Crippen LogP contribution is -1.96. The molecule has 0 saturated carbocycles. The van der Waals surface area contributed by atoms with Gasteiger partial charge in [0.2, 0.25) is 5.75 Å². The number of nitro benzene ring substituents is 2. The van der Waals surface area contributed by atoms with E-state index in [1.165, 1.54) is 36.4 Å². The summed E-state index contributed by atoms with van der Waals surface area (Å²) >= 11 is 0. The first-order valence-corrected chi connectivity index (χ1v) is 7.38. The summed E-state index contributed by atoms with van der Waals surface area (Å²) in [7, 11) is 0. The summed E-state index contributed by atoms with van der Waals surface area (Å²) in [6.45, 7) is 1.84. The lowest BCUT2D eigenvalue weighted by molar-refractivity contribution is -0.386. The topological polar surface area (TPSA) is 140 Å². The fourth-order valence-electron chi connectivity index (χ4n) is 2.21. The van der Waals surface area contributed by atoms with E-state index in [0.29, 0.717) is 5.56 Å². The lowest BCUT2D eigenvalue weighted by atomic mass is 10.0. The number of rotatable bonds is 6. The molecule has 2 rings (SSSR count). The molecule has 0 fully saturated rings. The highest BCUT2D eigenvalue weighted by atomic mass is 16.6. The van der Waals surface area contributed by atoms with Crippen molar-refractivity contribution >= 4 is 23.0 Å². The van der Waals surface area contributed by atoms with Crippen LogP contribution in [0.25, 0.3) is 11.6 Å². The maximum absolute atomic E-state index is 11.1. The van der Waals surface area contributed by atoms with Crippen LogP contribution in [0.4, 0.5) is 11.4 Å². The molecule has 0 aliphatic heterocycles. The number of phenolic OH excluding ortho intramolecular Hbond substituents is 1. The molecule has 0 heterocycles. The average molecular weight is 355 g/mol. The summed E-state index contributed by atoms with van der Waals surface area (Å²) in [4.78, 5) is 20.5. The molecule has 0 aliphatic rings. The minimum absolute atomic E-state index is 0.0751. The van der Waals surface area contributed by atoms with Gasteiger partial charge in [-0.1, -0.05) is 0 Å². The standard InChI is InChI=1S/C17H13N3O6/c1-2-26-16-9-11(8-15(17(16)21)20(24)25)7-13(10-18)12-3-5-14(6-4-12)19(22)23/h3-9,21H,2H2,1H3/b13-7+. The van der Waals surface area contributed by atoms with Gasteiger partial charge in [0.25, 0.3) is 5.69 Å². The SMILES string of the molecule is CCOc1cc(/C=C(\C#N)c2ccc([N+](=O)[O-])cc2)cc([N+](=O)[O-])c1O. The molecule has 0 atom stereocenters. The van der Waals surface area contributed by atoms with Crippen LogP contribution in [0.1, 0.15) is 18.1 Å². The van der Waals surface area contributed by atoms with Gasteiger partial charge in [-0.2, -0.15) is 5.26 Å². The number of aromatic hydroxyl groups is 1. The third kappa shape index (κ3) is 3.93. The lowest BCUT2D eigenvalue weighted by Gasteiger charge is -2.08. The molecule has 0 amide bonds. The summed E-state index contributed by atoms with van der Waals surface area (Å²) in [5.41, 5.74) is 0.148. The van der Waals surface area contributed by atoms with Crippen LogP contribution >= 0.6 is 0 Å². The van der Waals surface area contributed by atoms with E-state index >= 15 is 0 Å². The highest BCUT2D eigenvalue weighted by molar-refractivity contribution is 5.90. The van der Waals surface area contributed by atoms with Crippen molar-refractivity contribution in [3.05, 3.63) is 67.8 Å². The van der Waals surface area contributed by atoms with Gasteiger partial charge in [-0.15, -0.1) is 0 Å². The summed E-state index contributed by atoms with van der Waals surface area (Å²) in [5.74, 6) is -0.670. The van der Waals surface area contributed by atoms with Crippen LogP contribution < -0.4 is 4.74 Å². The van der Waals surface area contributed by atoms with E-state index in [4.69, 9.17) is 4.74 Å². The van der Waals surface area contributed by atoms with Crippen LogP contribution in [-0.2, 0) is 0 Å². The molecular formula is C17H13N3O6. The zero-order chi connectivity index (χ0) is 19.3. The van der Waals surface area contributed by atoms with Crippen LogP contribution in [-0.4, -0.2) is 21.6 Å². The van der Waals surface area contributed by atoms with Gasteiger partial charge in [-0.25, -0.2) is 0 Å². The monoisotopic (exact) mass is 355 g/mol. The molecule has 132 valence electrons. The molecule has 26 heavy (non-hydrogen) atoms. The second-order valence-corrected chi connectivity index (χ2v) is 5.05. The Balaban J connectivity index is 2.53. The molecule has 0 spiro atoms. The predicted octanol–water partition coefficient (Wildman–Crippen LogP) is 3.67. The molecular weight excluding hydrogens is 342 g/mol. The molecule has 9 nitrogen and oxygen atoms in total. The van der Waals surface area contributed by atoms with Crippen molar-refractivity contribution in [3.63, 3.8) is 0 Å². The highest BCUT2D eigenvalue weighted by Gasteiger charge is 2.20. The highest BCUT2D eigenvalue weighted by Crippen LogP contribution is 2.38. The number of hydrogen-bond donors (Lipinski definition) is 1. The Bertz CT molecular complexity index is 929. The number of nitrogens with zero attached hydrogens (tertiary/aromatic N) is 3. The Morgan fingerprint density at radius 3 is 2.38 bits per heavy atom. The molecule has 0 aliphatic carbocycles. The summed E-state index contributed by atoms with van der Waals surface area (Å²) in [5, 5.41) is 41.0. The number of ether oxygens (including phenoxy) is 1. The van der Waals surface area contributed by atoms with Gasteiger partial charge < -0.3 is 9.84 Å². The third-order valence-corrected chi connectivity index (χ3v) is 3.39. The maximum Gasteiger partial charge on any atom is 0.315 e. The number of hydrogen-bond acceptors (Lipinski definition) is 7. The quantitative estimate of drug-likeness (QED) is 0.361. The fourth-order valence-corrected chi connectivity index (χ4v) is 2.21. The number of non-ortho nitro benzene ring substituents is 1. The minimum atomic E-state index is -0.757. The van der Waals surface area contributed by atoms with E-state index in [1.54, 1.807) is 6.92 Å². The van der Waals surface area contributed by atoms with Gasteiger partial charge in [0.05, 0.1) is 28.1 Å². The Morgan fingerprint density at radius 1 is 1.23 bits per heavy atom. The van der Waals surface area contributed by atoms with Gasteiger partial charge in [0.15, 0.2) is 5.75 Å². The van der Waals surface area contributed by atoms with Crippen LogP contribution in [0.15, 0.2) is 36.4 Å². The smallest absolute Gasteiger partial charge is 0.315 e. The molecule has 2 aromatic rings. The molecule has 0 unspecified atom stereocenters. The normalized spacial score (nSPS) is 10.8. The van der Waals surface area contributed by atoms with Crippen LogP contribution in [0.5, 0.6) is 11.5 Å². The summed E-state index contributed by atoms with van der Waals surface area (Å²) in [6.07, 6.45) is 1.37. The average Bonchev–Trinajstić information content (AvgIpc) is 2.62. The van der Waals surface area contributed by atoms with Crippen molar-refractivity contribution in [1.29, 1.82) is 5.26 Å². The number of nitro groups is 2. The van der Waals surface area contributed by atoms with Crippen LogP contribution in [0, 0.1) is 31.6 Å². The van der Waals surface area contributed by atoms with Crippen molar-refractivity contribution in [2.24, 2.45) is 0 Å². The second-order valence-electron chi connectivity index (χ2n) is 5.05. The summed E-state index contributed by atoms with van der Waals surface area (Å²) < 4.78 is 5.19. The molecule has 9 heteroatoms. The largest absolute Gasteiger partial charge is 0.500 e. The number of phenols is 1. The van der Waals surface area contributed by atoms with Crippen molar-refractivity contribution in [2.45, 2.75) is 6.92 Å². The van der Waals surface area contributed by atoms with Gasteiger partial charge >= 0.3 is 5.69 Å². The van der Waals surface area contributed by atoms with Crippen molar-refractivity contribution < 1.29 is 19.7 Å². The fraction of sp³-hybridized carbons (Fsp3) is 0.118. The first-order chi connectivity index (χ1) is 12.4. The Hall–Kier alpha value is -3.93. The van der Waals surface area contributed by atoms with Crippen LogP contribution in [0.3, 0.4) is 0 Å². The van der Waals surface area contributed by atoms with Gasteiger partial charge in [0, 0.05) is 18.2 Å². The van der Waals surface area contributed by atoms with E-state index in [1.807, 2.05) is 6.07 Å². The molecule has 2 aromatic carbocycles. The first kappa shape index (κ1) is 18.4. The zero-order valence-electron chi connectivity index (χ0n) is 13.6. The number of nitriles is 1. The van der Waals surface area contributed by atoms with E-state index in [2.05, 4.69) is 0 Å². The molecule has 0 bridgehead atoms. The maximum atomic E-state index is 11.1. The van der Waals surface area contributed by atoms with Crippen molar-refractivity contribution in [2.75, 3.05) is 6.61 Å². The van der Waals surface area contributed by atoms with Gasteiger partial charge in [-0.3, -0.25) is 20.2 Å². The molecule has 0 radical (unpaired) electrons. The van der Waals surface area contributed by atoms with E-state index in [0.717, 1.165) is 6.07 Å². The molecule has 1 N–H and O–H groups in total. The third-order valence-electron chi connectivity index (χ3n) is 3.39. The number of benzene rings is 2. The number of allylic oxidation sites excluding steroid dienone is 1. The van der Waals surface area contributed by atoms with Crippen molar-refractivity contribution in [3.8, 4) is 17.6 Å². The van der Waals surface area contributed by atoms with Crippen molar-refractivity contribution in [1.82, 2.24) is 0 Å².